The predicted octanol–water partition coefficient (Wildman–Crippen LogP) is 7.51. The lowest BCUT2D eigenvalue weighted by atomic mass is 10.1. The molecule has 1 heterocycles. The first-order chi connectivity index (χ1) is 15.8. The Morgan fingerprint density at radius 3 is 2.24 bits per heavy atom. The molecule has 0 amide bonds. The molecule has 1 aromatic heterocycles. The summed E-state index contributed by atoms with van der Waals surface area (Å²) in [7, 11) is 0. The molecule has 0 aliphatic rings. The van der Waals surface area contributed by atoms with Crippen LogP contribution in [0, 0.1) is 20.8 Å². The summed E-state index contributed by atoms with van der Waals surface area (Å²) in [6, 6.07) is 12.3. The van der Waals surface area contributed by atoms with Gasteiger partial charge in [-0.2, -0.15) is 0 Å². The molecule has 0 atom stereocenters. The van der Waals surface area contributed by atoms with Crippen LogP contribution in [-0.4, -0.2) is 22.2 Å². The number of carboxylic acids is 1. The van der Waals surface area contributed by atoms with Crippen molar-refractivity contribution < 1.29 is 14.6 Å². The molecule has 0 spiro atoms. The van der Waals surface area contributed by atoms with Gasteiger partial charge in [0.2, 0.25) is 0 Å². The highest BCUT2D eigenvalue weighted by molar-refractivity contribution is 7.99. The Labute approximate surface area is 205 Å². The average molecular weight is 486 g/mol. The summed E-state index contributed by atoms with van der Waals surface area (Å²) >= 11 is 7.92. The molecule has 3 rings (SSSR count). The first kappa shape index (κ1) is 25.3. The predicted molar refractivity (Wildman–Crippen MR) is 136 cm³/mol. The summed E-state index contributed by atoms with van der Waals surface area (Å²) in [6.07, 6.45) is 2.15. The van der Waals surface area contributed by atoms with Gasteiger partial charge in [0.1, 0.15) is 11.4 Å². The first-order valence-electron chi connectivity index (χ1n) is 11.4. The number of carboxylic acid groups (broad SMARTS) is 1. The molecule has 0 unspecified atom stereocenters. The third-order valence-electron chi connectivity index (χ3n) is 5.75. The van der Waals surface area contributed by atoms with Crippen LogP contribution in [0.2, 0.25) is 5.02 Å². The van der Waals surface area contributed by atoms with Gasteiger partial charge < -0.3 is 14.4 Å². The largest absolute Gasteiger partial charge is 0.494 e. The van der Waals surface area contributed by atoms with Crippen molar-refractivity contribution in [1.29, 1.82) is 0 Å². The second-order valence-electron chi connectivity index (χ2n) is 8.26. The molecule has 1 N–H and O–H groups in total. The zero-order valence-corrected chi connectivity index (χ0v) is 21.6. The molecule has 0 fully saturated rings. The Balaban J connectivity index is 1.83. The Bertz CT molecular complexity index is 1110. The molecule has 176 valence electrons. The highest BCUT2D eigenvalue weighted by Gasteiger charge is 2.25. The van der Waals surface area contributed by atoms with Gasteiger partial charge in [-0.25, -0.2) is 4.79 Å². The highest BCUT2D eigenvalue weighted by Crippen LogP contribution is 2.38. The second-order valence-corrected chi connectivity index (χ2v) is 9.72. The minimum absolute atomic E-state index is 0.405. The molecule has 3 aromatic rings. The van der Waals surface area contributed by atoms with Gasteiger partial charge in [-0.3, -0.25) is 0 Å². The van der Waals surface area contributed by atoms with Gasteiger partial charge in [0.15, 0.2) is 0 Å². The molecule has 2 aromatic carbocycles. The maximum atomic E-state index is 12.3. The molecule has 0 radical (unpaired) electrons. The number of aromatic carboxylic acids is 1. The Morgan fingerprint density at radius 2 is 1.70 bits per heavy atom. The third-order valence-corrected chi connectivity index (χ3v) is 7.54. The molecular formula is C27H32ClNO3S. The van der Waals surface area contributed by atoms with E-state index in [1.165, 1.54) is 5.56 Å². The van der Waals surface area contributed by atoms with Crippen molar-refractivity contribution in [1.82, 2.24) is 4.57 Å². The average Bonchev–Trinajstić information content (AvgIpc) is 3.08. The standard InChI is InChI=1S/C27H32ClNO3S/c1-6-22-25(27(30)31)29(13-8-14-32-20-15-18(4)24(28)19(5)16-20)23(7-2)26(22)33-21-11-9-17(3)10-12-21/h9-12,15-16H,6-8,13-14H2,1-5H3,(H,30,31). The van der Waals surface area contributed by atoms with E-state index in [4.69, 9.17) is 16.3 Å². The van der Waals surface area contributed by atoms with Crippen LogP contribution in [0.4, 0.5) is 0 Å². The summed E-state index contributed by atoms with van der Waals surface area (Å²) in [5.74, 6) is -0.0804. The number of hydrogen-bond acceptors (Lipinski definition) is 3. The molecule has 0 saturated carbocycles. The van der Waals surface area contributed by atoms with E-state index in [9.17, 15) is 9.90 Å². The van der Waals surface area contributed by atoms with Crippen molar-refractivity contribution in [3.8, 4) is 5.75 Å². The summed E-state index contributed by atoms with van der Waals surface area (Å²) in [4.78, 5) is 14.5. The smallest absolute Gasteiger partial charge is 0.352 e. The number of nitrogens with zero attached hydrogens (tertiary/aromatic N) is 1. The van der Waals surface area contributed by atoms with E-state index in [0.29, 0.717) is 31.7 Å². The van der Waals surface area contributed by atoms with E-state index in [2.05, 4.69) is 38.1 Å². The number of benzene rings is 2. The van der Waals surface area contributed by atoms with Gasteiger partial charge in [0, 0.05) is 27.1 Å². The Kier molecular flexibility index (Phi) is 8.55. The van der Waals surface area contributed by atoms with Gasteiger partial charge in [-0.1, -0.05) is 54.9 Å². The van der Waals surface area contributed by atoms with E-state index >= 15 is 0 Å². The van der Waals surface area contributed by atoms with Crippen molar-refractivity contribution >= 4 is 29.3 Å². The molecule has 0 aliphatic carbocycles. The number of halogens is 1. The SMILES string of the molecule is CCc1c(Sc2ccc(C)cc2)c(CC)n(CCCOc2cc(C)c(Cl)c(C)c2)c1C(=O)O. The monoisotopic (exact) mass is 485 g/mol. The van der Waals surface area contributed by atoms with Gasteiger partial charge in [-0.15, -0.1) is 0 Å². The van der Waals surface area contributed by atoms with E-state index in [1.807, 2.05) is 37.5 Å². The molecule has 4 nitrogen and oxygen atoms in total. The van der Waals surface area contributed by atoms with Crippen LogP contribution < -0.4 is 4.74 Å². The third kappa shape index (κ3) is 5.77. The topological polar surface area (TPSA) is 51.5 Å². The van der Waals surface area contributed by atoms with Gasteiger partial charge >= 0.3 is 5.97 Å². The van der Waals surface area contributed by atoms with Crippen molar-refractivity contribution in [3.63, 3.8) is 0 Å². The summed E-state index contributed by atoms with van der Waals surface area (Å²) < 4.78 is 7.95. The number of carbonyl (C=O) groups is 1. The molecular weight excluding hydrogens is 454 g/mol. The fraction of sp³-hybridized carbons (Fsp3) is 0.370. The van der Waals surface area contributed by atoms with Crippen LogP contribution in [0.5, 0.6) is 5.75 Å². The minimum atomic E-state index is -0.873. The zero-order chi connectivity index (χ0) is 24.1. The van der Waals surface area contributed by atoms with E-state index < -0.39 is 5.97 Å². The fourth-order valence-electron chi connectivity index (χ4n) is 4.12. The summed E-state index contributed by atoms with van der Waals surface area (Å²) in [5, 5.41) is 10.8. The number of aryl methyl sites for hydroxylation is 3. The van der Waals surface area contributed by atoms with Crippen molar-refractivity contribution in [3.05, 3.63) is 75.1 Å². The fourth-order valence-corrected chi connectivity index (χ4v) is 5.47. The van der Waals surface area contributed by atoms with Crippen LogP contribution in [0.1, 0.15) is 58.7 Å². The van der Waals surface area contributed by atoms with Gasteiger partial charge in [0.25, 0.3) is 0 Å². The first-order valence-corrected chi connectivity index (χ1v) is 12.6. The number of rotatable bonds is 10. The second kappa shape index (κ2) is 11.2. The zero-order valence-electron chi connectivity index (χ0n) is 20.0. The van der Waals surface area contributed by atoms with Crippen molar-refractivity contribution in [2.45, 2.75) is 70.2 Å². The van der Waals surface area contributed by atoms with Crippen molar-refractivity contribution in [2.24, 2.45) is 0 Å². The quantitative estimate of drug-likeness (QED) is 0.302. The van der Waals surface area contributed by atoms with Crippen LogP contribution in [-0.2, 0) is 19.4 Å². The molecule has 33 heavy (non-hydrogen) atoms. The lowest BCUT2D eigenvalue weighted by Gasteiger charge is -2.13. The van der Waals surface area contributed by atoms with Crippen LogP contribution in [0.15, 0.2) is 46.2 Å². The molecule has 0 saturated heterocycles. The summed E-state index contributed by atoms with van der Waals surface area (Å²) in [5.41, 5.74) is 5.58. The minimum Gasteiger partial charge on any atom is -0.494 e. The molecule has 6 heteroatoms. The normalized spacial score (nSPS) is 11.1. The number of hydrogen-bond donors (Lipinski definition) is 1. The summed E-state index contributed by atoms with van der Waals surface area (Å²) in [6.45, 7) is 11.2. The van der Waals surface area contributed by atoms with Crippen LogP contribution >= 0.6 is 23.4 Å². The Hall–Kier alpha value is -2.37. The maximum absolute atomic E-state index is 12.3. The van der Waals surface area contributed by atoms with Gasteiger partial charge in [-0.05, 0) is 81.0 Å². The number of aromatic nitrogens is 1. The maximum Gasteiger partial charge on any atom is 0.352 e. The van der Waals surface area contributed by atoms with E-state index in [0.717, 1.165) is 49.4 Å². The van der Waals surface area contributed by atoms with Crippen molar-refractivity contribution in [2.75, 3.05) is 6.61 Å². The van der Waals surface area contributed by atoms with E-state index in [1.54, 1.807) is 11.8 Å². The lowest BCUT2D eigenvalue weighted by Crippen LogP contribution is -2.14. The molecule has 0 aliphatic heterocycles. The van der Waals surface area contributed by atoms with Crippen LogP contribution in [0.3, 0.4) is 0 Å². The number of ether oxygens (including phenoxy) is 1. The van der Waals surface area contributed by atoms with Gasteiger partial charge in [0.05, 0.1) is 6.61 Å². The highest BCUT2D eigenvalue weighted by atomic mass is 35.5. The van der Waals surface area contributed by atoms with Crippen LogP contribution in [0.25, 0.3) is 0 Å². The molecule has 0 bridgehead atoms. The Morgan fingerprint density at radius 1 is 1.06 bits per heavy atom. The lowest BCUT2D eigenvalue weighted by molar-refractivity contribution is 0.0682. The van der Waals surface area contributed by atoms with E-state index in [-0.39, 0.29) is 0 Å².